The van der Waals surface area contributed by atoms with Crippen LogP contribution in [0.5, 0.6) is 11.5 Å². The third kappa shape index (κ3) is 4.73. The van der Waals surface area contributed by atoms with Gasteiger partial charge in [0.2, 0.25) is 6.41 Å². The molecule has 0 N–H and O–H groups in total. The molecule has 1 amide bonds. The van der Waals surface area contributed by atoms with E-state index in [0.717, 1.165) is 5.56 Å². The highest BCUT2D eigenvalue weighted by atomic mass is 32.2. The number of rotatable bonds is 9. The van der Waals surface area contributed by atoms with Crippen molar-refractivity contribution in [2.24, 2.45) is 0 Å². The van der Waals surface area contributed by atoms with Gasteiger partial charge in [-0.05, 0) is 18.2 Å². The van der Waals surface area contributed by atoms with Crippen molar-refractivity contribution in [2.75, 3.05) is 26.5 Å². The van der Waals surface area contributed by atoms with Crippen LogP contribution >= 0.6 is 0 Å². The smallest absolute Gasteiger partial charge is 0.210 e. The second-order valence-electron chi connectivity index (χ2n) is 5.36. The largest absolute Gasteiger partial charge is 0.493 e. The van der Waals surface area contributed by atoms with E-state index >= 15 is 0 Å². The van der Waals surface area contributed by atoms with Gasteiger partial charge in [-0.2, -0.15) is 0 Å². The predicted molar refractivity (Wildman–Crippen MR) is 94.5 cm³/mol. The molecule has 6 nitrogen and oxygen atoms in total. The zero-order chi connectivity index (χ0) is 18.3. The van der Waals surface area contributed by atoms with Crippen molar-refractivity contribution in [1.82, 2.24) is 4.90 Å². The number of ether oxygens (including phenoxy) is 2. The molecule has 2 aromatic rings. The zero-order valence-corrected chi connectivity index (χ0v) is 15.0. The molecule has 0 aliphatic heterocycles. The first kappa shape index (κ1) is 18.8. The Morgan fingerprint density at radius 2 is 1.72 bits per heavy atom. The van der Waals surface area contributed by atoms with Gasteiger partial charge in [-0.1, -0.05) is 30.3 Å². The number of para-hydroxylation sites is 1. The van der Waals surface area contributed by atoms with Crippen LogP contribution in [0.15, 0.2) is 53.4 Å². The summed E-state index contributed by atoms with van der Waals surface area (Å²) < 4.78 is 35.3. The second-order valence-corrected chi connectivity index (χ2v) is 7.47. The minimum Gasteiger partial charge on any atom is -0.493 e. The Morgan fingerprint density at radius 3 is 2.32 bits per heavy atom. The third-order valence-electron chi connectivity index (χ3n) is 3.76. The van der Waals surface area contributed by atoms with Crippen LogP contribution in [0.4, 0.5) is 0 Å². The van der Waals surface area contributed by atoms with Crippen molar-refractivity contribution in [3.8, 4) is 11.5 Å². The number of benzene rings is 2. The lowest BCUT2D eigenvalue weighted by Gasteiger charge is -2.20. The van der Waals surface area contributed by atoms with Gasteiger partial charge < -0.3 is 14.4 Å². The Hall–Kier alpha value is -2.54. The highest BCUT2D eigenvalue weighted by Crippen LogP contribution is 2.31. The fourth-order valence-electron chi connectivity index (χ4n) is 2.45. The molecule has 2 rings (SSSR count). The summed E-state index contributed by atoms with van der Waals surface area (Å²) >= 11 is 0. The summed E-state index contributed by atoms with van der Waals surface area (Å²) in [6.07, 6.45) is 0.638. The topological polar surface area (TPSA) is 72.9 Å². The molecule has 0 saturated carbocycles. The molecule has 0 aliphatic rings. The monoisotopic (exact) mass is 363 g/mol. The molecule has 2 aromatic carbocycles. The molecule has 0 saturated heterocycles. The van der Waals surface area contributed by atoms with Crippen LogP contribution in [-0.2, 0) is 21.2 Å². The average molecular weight is 363 g/mol. The van der Waals surface area contributed by atoms with E-state index in [1.165, 1.54) is 19.1 Å². The van der Waals surface area contributed by atoms with Gasteiger partial charge in [-0.25, -0.2) is 8.42 Å². The quantitative estimate of drug-likeness (QED) is 0.638. The number of hydrogen-bond acceptors (Lipinski definition) is 5. The molecular formula is C18H21NO5S. The number of amides is 1. The molecule has 0 fully saturated rings. The highest BCUT2D eigenvalue weighted by Gasteiger charge is 2.17. The van der Waals surface area contributed by atoms with E-state index in [1.54, 1.807) is 42.5 Å². The van der Waals surface area contributed by atoms with E-state index < -0.39 is 9.84 Å². The standard InChI is InChI=1S/C18H21NO5S/c1-23-17-10-6-7-15(18(17)24-2)13-19(14-20)11-12-25(21,22)16-8-4-3-5-9-16/h3-10,14H,11-13H2,1-2H3. The number of methoxy groups -OCH3 is 2. The molecule has 25 heavy (non-hydrogen) atoms. The fraction of sp³-hybridized carbons (Fsp3) is 0.278. The van der Waals surface area contributed by atoms with Crippen LogP contribution in [0.1, 0.15) is 5.56 Å². The Bertz CT molecular complexity index is 805. The second kappa shape index (κ2) is 8.53. The maximum Gasteiger partial charge on any atom is 0.210 e. The van der Waals surface area contributed by atoms with Crippen LogP contribution in [0.25, 0.3) is 0 Å². The van der Waals surface area contributed by atoms with Gasteiger partial charge in [0.25, 0.3) is 0 Å². The van der Waals surface area contributed by atoms with Gasteiger partial charge in [-0.15, -0.1) is 0 Å². The van der Waals surface area contributed by atoms with E-state index in [0.29, 0.717) is 17.9 Å². The number of sulfone groups is 1. The molecule has 0 aromatic heterocycles. The lowest BCUT2D eigenvalue weighted by atomic mass is 10.1. The molecule has 0 unspecified atom stereocenters. The molecular weight excluding hydrogens is 342 g/mol. The van der Waals surface area contributed by atoms with Crippen LogP contribution in [0.3, 0.4) is 0 Å². The van der Waals surface area contributed by atoms with E-state index in [1.807, 2.05) is 6.07 Å². The molecule has 0 spiro atoms. The summed E-state index contributed by atoms with van der Waals surface area (Å²) in [7, 11) is -0.389. The first-order valence-electron chi connectivity index (χ1n) is 7.69. The van der Waals surface area contributed by atoms with Crippen molar-refractivity contribution in [3.05, 3.63) is 54.1 Å². The summed E-state index contributed by atoms with van der Waals surface area (Å²) in [6.45, 7) is 0.315. The first-order chi connectivity index (χ1) is 12.0. The maximum atomic E-state index is 12.3. The average Bonchev–Trinajstić information content (AvgIpc) is 2.65. The van der Waals surface area contributed by atoms with Crippen LogP contribution in [0, 0.1) is 0 Å². The molecule has 0 aliphatic carbocycles. The minimum absolute atomic E-state index is 0.0844. The van der Waals surface area contributed by atoms with Crippen molar-refractivity contribution in [3.63, 3.8) is 0 Å². The molecule has 7 heteroatoms. The van der Waals surface area contributed by atoms with Gasteiger partial charge in [0.15, 0.2) is 21.3 Å². The lowest BCUT2D eigenvalue weighted by molar-refractivity contribution is -0.118. The normalized spacial score (nSPS) is 11.0. The van der Waals surface area contributed by atoms with Gasteiger partial charge in [0, 0.05) is 18.7 Å². The Kier molecular flexibility index (Phi) is 6.41. The van der Waals surface area contributed by atoms with E-state index in [9.17, 15) is 13.2 Å². The molecule has 0 bridgehead atoms. The van der Waals surface area contributed by atoms with Gasteiger partial charge in [-0.3, -0.25) is 4.79 Å². The fourth-order valence-corrected chi connectivity index (χ4v) is 3.73. The van der Waals surface area contributed by atoms with Crippen molar-refractivity contribution < 1.29 is 22.7 Å². The summed E-state index contributed by atoms with van der Waals surface area (Å²) in [5.74, 6) is 0.938. The molecule has 0 heterocycles. The number of nitrogens with zero attached hydrogens (tertiary/aromatic N) is 1. The van der Waals surface area contributed by atoms with Crippen LogP contribution in [0.2, 0.25) is 0 Å². The third-order valence-corrected chi connectivity index (χ3v) is 5.47. The zero-order valence-electron chi connectivity index (χ0n) is 14.2. The Morgan fingerprint density at radius 1 is 1.00 bits per heavy atom. The SMILES string of the molecule is COc1cccc(CN(C=O)CCS(=O)(=O)c2ccccc2)c1OC. The lowest BCUT2D eigenvalue weighted by Crippen LogP contribution is -2.28. The summed E-state index contributed by atoms with van der Waals surface area (Å²) in [5.41, 5.74) is 0.742. The number of carbonyl (C=O) groups is 1. The van der Waals surface area contributed by atoms with Gasteiger partial charge >= 0.3 is 0 Å². The van der Waals surface area contributed by atoms with Crippen LogP contribution < -0.4 is 9.47 Å². The van der Waals surface area contributed by atoms with Crippen molar-refractivity contribution in [1.29, 1.82) is 0 Å². The predicted octanol–water partition coefficient (Wildman–Crippen LogP) is 2.14. The van der Waals surface area contributed by atoms with E-state index in [4.69, 9.17) is 9.47 Å². The maximum absolute atomic E-state index is 12.3. The van der Waals surface area contributed by atoms with Crippen molar-refractivity contribution in [2.45, 2.75) is 11.4 Å². The minimum atomic E-state index is -3.44. The Labute approximate surface area is 147 Å². The first-order valence-corrected chi connectivity index (χ1v) is 9.34. The summed E-state index contributed by atoms with van der Waals surface area (Å²) in [4.78, 5) is 13.0. The molecule has 0 radical (unpaired) electrons. The number of hydrogen-bond donors (Lipinski definition) is 0. The Balaban J connectivity index is 2.10. The van der Waals surface area contributed by atoms with Crippen molar-refractivity contribution >= 4 is 16.2 Å². The van der Waals surface area contributed by atoms with Gasteiger partial charge in [0.1, 0.15) is 0 Å². The van der Waals surface area contributed by atoms with E-state index in [-0.39, 0.29) is 23.7 Å². The summed E-state index contributed by atoms with van der Waals surface area (Å²) in [6, 6.07) is 13.6. The highest BCUT2D eigenvalue weighted by molar-refractivity contribution is 7.91. The van der Waals surface area contributed by atoms with Crippen LogP contribution in [-0.4, -0.2) is 46.2 Å². The number of carbonyl (C=O) groups excluding carboxylic acids is 1. The molecule has 134 valence electrons. The van der Waals surface area contributed by atoms with E-state index in [2.05, 4.69) is 0 Å². The van der Waals surface area contributed by atoms with Gasteiger partial charge in [0.05, 0.1) is 24.9 Å². The summed E-state index contributed by atoms with van der Waals surface area (Å²) in [5, 5.41) is 0. The molecule has 0 atom stereocenters.